The van der Waals surface area contributed by atoms with E-state index in [1.807, 2.05) is 17.5 Å². The lowest BCUT2D eigenvalue weighted by molar-refractivity contribution is -0.139. The number of hydrogen-bond donors (Lipinski definition) is 3. The van der Waals surface area contributed by atoms with Gasteiger partial charge in [0, 0.05) is 11.9 Å². The first-order chi connectivity index (χ1) is 11.5. The smallest absolute Gasteiger partial charge is 0.309 e. The number of carbonyl (C=O) groups excluding carboxylic acids is 3. The number of likely N-dealkylation sites (N-methyl/N-ethyl adjacent to an activating group) is 1. The van der Waals surface area contributed by atoms with Gasteiger partial charge in [-0.15, -0.1) is 11.3 Å². The first-order valence-corrected chi connectivity index (χ1v) is 7.97. The van der Waals surface area contributed by atoms with E-state index in [1.165, 1.54) is 30.5 Å². The number of carbonyl (C=O) groups is 3. The molecular weight excluding hydrogens is 333 g/mol. The zero-order valence-electron chi connectivity index (χ0n) is 12.8. The minimum atomic E-state index is -0.887. The van der Waals surface area contributed by atoms with Gasteiger partial charge in [-0.05, 0) is 29.1 Å². The molecule has 0 unspecified atom stereocenters. The number of hydrogen-bond acceptors (Lipinski definition) is 4. The number of thiophene rings is 1. The third-order valence-electron chi connectivity index (χ3n) is 3.18. The van der Waals surface area contributed by atoms with E-state index in [0.29, 0.717) is 5.56 Å². The van der Waals surface area contributed by atoms with Gasteiger partial charge in [-0.2, -0.15) is 0 Å². The van der Waals surface area contributed by atoms with Crippen molar-refractivity contribution in [2.75, 3.05) is 13.6 Å². The van der Waals surface area contributed by atoms with Crippen molar-refractivity contribution in [3.8, 4) is 0 Å². The van der Waals surface area contributed by atoms with Crippen LogP contribution in [0.4, 0.5) is 4.39 Å². The largest absolute Gasteiger partial charge is 0.351 e. The van der Waals surface area contributed by atoms with Crippen molar-refractivity contribution >= 4 is 29.1 Å². The van der Waals surface area contributed by atoms with E-state index < -0.39 is 23.8 Å². The number of rotatable bonds is 5. The van der Waals surface area contributed by atoms with Crippen molar-refractivity contribution in [2.24, 2.45) is 0 Å². The standard InChI is InChI=1S/C16H16FN3O3S/c1-18-15(22)16(23)19-9-13(21)20-14(12-3-2-8-24-12)10-4-6-11(17)7-5-10/h2-8,14H,9H2,1H3,(H,18,22)(H,19,23)(H,20,21)/t14-/m0/s1. The summed E-state index contributed by atoms with van der Waals surface area (Å²) >= 11 is 1.45. The van der Waals surface area contributed by atoms with Gasteiger partial charge in [0.2, 0.25) is 5.91 Å². The Morgan fingerprint density at radius 3 is 2.42 bits per heavy atom. The van der Waals surface area contributed by atoms with E-state index in [-0.39, 0.29) is 12.4 Å². The normalized spacial score (nSPS) is 11.4. The Bertz CT molecular complexity index is 717. The van der Waals surface area contributed by atoms with Crippen molar-refractivity contribution in [1.82, 2.24) is 16.0 Å². The van der Waals surface area contributed by atoms with Crippen molar-refractivity contribution in [3.63, 3.8) is 0 Å². The lowest BCUT2D eigenvalue weighted by Gasteiger charge is -2.18. The summed E-state index contributed by atoms with van der Waals surface area (Å²) in [5.41, 5.74) is 0.713. The molecule has 126 valence electrons. The molecule has 0 bridgehead atoms. The summed E-state index contributed by atoms with van der Waals surface area (Å²) in [5.74, 6) is -2.54. The minimum Gasteiger partial charge on any atom is -0.351 e. The molecule has 1 atom stereocenters. The fourth-order valence-corrected chi connectivity index (χ4v) is 2.80. The molecule has 0 aliphatic heterocycles. The number of nitrogens with one attached hydrogen (secondary N) is 3. The zero-order chi connectivity index (χ0) is 17.5. The van der Waals surface area contributed by atoms with E-state index in [1.54, 1.807) is 12.1 Å². The SMILES string of the molecule is CNC(=O)C(=O)NCC(=O)N[C@@H](c1ccc(F)cc1)c1cccs1. The fourth-order valence-electron chi connectivity index (χ4n) is 2.00. The van der Waals surface area contributed by atoms with Gasteiger partial charge < -0.3 is 16.0 Å². The highest BCUT2D eigenvalue weighted by Crippen LogP contribution is 2.26. The molecular formula is C16H16FN3O3S. The van der Waals surface area contributed by atoms with Gasteiger partial charge in [0.15, 0.2) is 0 Å². The van der Waals surface area contributed by atoms with E-state index in [4.69, 9.17) is 0 Å². The summed E-state index contributed by atoms with van der Waals surface area (Å²) in [4.78, 5) is 35.4. The molecule has 0 fully saturated rings. The van der Waals surface area contributed by atoms with E-state index in [2.05, 4.69) is 16.0 Å². The monoisotopic (exact) mass is 349 g/mol. The average molecular weight is 349 g/mol. The van der Waals surface area contributed by atoms with Crippen LogP contribution in [0.3, 0.4) is 0 Å². The summed E-state index contributed by atoms with van der Waals surface area (Å²) in [6.45, 7) is -0.338. The Labute approximate surface area is 142 Å². The Morgan fingerprint density at radius 1 is 1.12 bits per heavy atom. The molecule has 0 spiro atoms. The maximum Gasteiger partial charge on any atom is 0.309 e. The van der Waals surface area contributed by atoms with Gasteiger partial charge in [0.05, 0.1) is 12.6 Å². The molecule has 0 saturated heterocycles. The second-order valence-electron chi connectivity index (χ2n) is 4.83. The first kappa shape index (κ1) is 17.6. The molecule has 0 radical (unpaired) electrons. The van der Waals surface area contributed by atoms with Crippen LogP contribution in [0.15, 0.2) is 41.8 Å². The second kappa shape index (κ2) is 8.21. The van der Waals surface area contributed by atoms with Crippen LogP contribution >= 0.6 is 11.3 Å². The minimum absolute atomic E-state index is 0.338. The van der Waals surface area contributed by atoms with Gasteiger partial charge in [0.25, 0.3) is 0 Å². The molecule has 1 aromatic carbocycles. The molecule has 2 rings (SSSR count). The zero-order valence-corrected chi connectivity index (χ0v) is 13.7. The summed E-state index contributed by atoms with van der Waals surface area (Å²) in [7, 11) is 1.32. The topological polar surface area (TPSA) is 87.3 Å². The van der Waals surface area contributed by atoms with Crippen molar-refractivity contribution in [2.45, 2.75) is 6.04 Å². The molecule has 0 saturated carbocycles. The number of halogens is 1. The van der Waals surface area contributed by atoms with Crippen LogP contribution in [-0.4, -0.2) is 31.3 Å². The fraction of sp³-hybridized carbons (Fsp3) is 0.188. The highest BCUT2D eigenvalue weighted by Gasteiger charge is 2.19. The van der Waals surface area contributed by atoms with Crippen LogP contribution in [-0.2, 0) is 14.4 Å². The summed E-state index contributed by atoms with van der Waals surface area (Å²) in [6, 6.07) is 9.03. The van der Waals surface area contributed by atoms with Crippen molar-refractivity contribution < 1.29 is 18.8 Å². The molecule has 3 N–H and O–H groups in total. The number of amides is 3. The molecule has 1 aromatic heterocycles. The van der Waals surface area contributed by atoms with Crippen molar-refractivity contribution in [1.29, 1.82) is 0 Å². The van der Waals surface area contributed by atoms with Gasteiger partial charge >= 0.3 is 11.8 Å². The average Bonchev–Trinajstić information content (AvgIpc) is 3.12. The molecule has 1 heterocycles. The predicted octanol–water partition coefficient (Wildman–Crippen LogP) is 0.955. The Kier molecular flexibility index (Phi) is 6.02. The maximum absolute atomic E-state index is 13.1. The van der Waals surface area contributed by atoms with Crippen LogP contribution in [0.5, 0.6) is 0 Å². The molecule has 8 heteroatoms. The molecule has 24 heavy (non-hydrogen) atoms. The molecule has 0 aliphatic rings. The summed E-state index contributed by atoms with van der Waals surface area (Å²) in [6.07, 6.45) is 0. The lowest BCUT2D eigenvalue weighted by Crippen LogP contribution is -2.44. The van der Waals surface area contributed by atoms with Crippen molar-refractivity contribution in [3.05, 3.63) is 58.0 Å². The highest BCUT2D eigenvalue weighted by atomic mass is 32.1. The van der Waals surface area contributed by atoms with Crippen LogP contribution in [0.1, 0.15) is 16.5 Å². The second-order valence-corrected chi connectivity index (χ2v) is 5.81. The van der Waals surface area contributed by atoms with Crippen LogP contribution in [0, 0.1) is 5.82 Å². The molecule has 6 nitrogen and oxygen atoms in total. The van der Waals surface area contributed by atoms with E-state index in [0.717, 1.165) is 4.88 Å². The van der Waals surface area contributed by atoms with Gasteiger partial charge in [-0.3, -0.25) is 14.4 Å². The first-order valence-electron chi connectivity index (χ1n) is 7.09. The Balaban J connectivity index is 2.06. The summed E-state index contributed by atoms with van der Waals surface area (Å²) in [5, 5.41) is 9.03. The molecule has 0 aliphatic carbocycles. The predicted molar refractivity (Wildman–Crippen MR) is 87.8 cm³/mol. The van der Waals surface area contributed by atoms with Crippen LogP contribution < -0.4 is 16.0 Å². The van der Waals surface area contributed by atoms with Gasteiger partial charge in [-0.1, -0.05) is 18.2 Å². The third kappa shape index (κ3) is 4.63. The number of benzene rings is 1. The Morgan fingerprint density at radius 2 is 1.83 bits per heavy atom. The lowest BCUT2D eigenvalue weighted by atomic mass is 10.1. The van der Waals surface area contributed by atoms with E-state index in [9.17, 15) is 18.8 Å². The molecule has 3 amide bonds. The summed E-state index contributed by atoms with van der Waals surface area (Å²) < 4.78 is 13.1. The maximum atomic E-state index is 13.1. The van der Waals surface area contributed by atoms with E-state index >= 15 is 0 Å². The third-order valence-corrected chi connectivity index (χ3v) is 4.12. The molecule has 2 aromatic rings. The highest BCUT2D eigenvalue weighted by molar-refractivity contribution is 7.10. The van der Waals surface area contributed by atoms with Crippen LogP contribution in [0.25, 0.3) is 0 Å². The van der Waals surface area contributed by atoms with Gasteiger partial charge in [0.1, 0.15) is 5.82 Å². The van der Waals surface area contributed by atoms with Crippen LogP contribution in [0.2, 0.25) is 0 Å². The quantitative estimate of drug-likeness (QED) is 0.703. The Hall–Kier alpha value is -2.74. The van der Waals surface area contributed by atoms with Gasteiger partial charge in [-0.25, -0.2) is 4.39 Å².